The molecule has 1 nitrogen and oxygen atoms in total. The number of thiophene rings is 1. The van der Waals surface area contributed by atoms with Crippen LogP contribution in [-0.2, 0) is 6.42 Å². The molecule has 64 valence electrons. The molecule has 1 aromatic heterocycles. The molecule has 1 heterocycles. The van der Waals surface area contributed by atoms with Gasteiger partial charge in [-0.25, -0.2) is 0 Å². The summed E-state index contributed by atoms with van der Waals surface area (Å²) >= 11 is 1.75. The molecule has 0 bridgehead atoms. The molecule has 0 aliphatic rings. The van der Waals surface area contributed by atoms with Crippen molar-refractivity contribution in [2.24, 2.45) is 0 Å². The minimum absolute atomic E-state index is 0.565. The quantitative estimate of drug-likeness (QED) is 0.703. The second-order valence-corrected chi connectivity index (χ2v) is 3.69. The summed E-state index contributed by atoms with van der Waals surface area (Å²) in [6.45, 7) is 0. The predicted octanol–water partition coefficient (Wildman–Crippen LogP) is 2.06. The lowest BCUT2D eigenvalue weighted by molar-refractivity contribution is 0.219. The van der Waals surface area contributed by atoms with Crippen LogP contribution in [0.1, 0.15) is 17.7 Å². The highest BCUT2D eigenvalue weighted by molar-refractivity contribution is 7.09. The topological polar surface area (TPSA) is 20.2 Å². The molecule has 0 saturated heterocycles. The smallest absolute Gasteiger partial charge is 0.114 e. The standard InChI is InChI=1S/C10H12OS/c1-2-9(11)5-3-6-10-7-4-8-12-10/h1,4,7-9,11H,3,5-6H2. The third-order valence-electron chi connectivity index (χ3n) is 1.67. The number of aryl methyl sites for hydroxylation is 1. The van der Waals surface area contributed by atoms with Gasteiger partial charge in [-0.1, -0.05) is 12.0 Å². The fourth-order valence-corrected chi connectivity index (χ4v) is 1.76. The molecule has 0 saturated carbocycles. The predicted molar refractivity (Wildman–Crippen MR) is 52.1 cm³/mol. The van der Waals surface area contributed by atoms with Crippen molar-refractivity contribution >= 4 is 11.3 Å². The molecule has 0 amide bonds. The second-order valence-electron chi connectivity index (χ2n) is 2.65. The van der Waals surface area contributed by atoms with E-state index in [2.05, 4.69) is 17.4 Å². The fraction of sp³-hybridized carbons (Fsp3) is 0.400. The number of rotatable bonds is 4. The molecule has 12 heavy (non-hydrogen) atoms. The highest BCUT2D eigenvalue weighted by Crippen LogP contribution is 2.12. The maximum atomic E-state index is 9.05. The largest absolute Gasteiger partial charge is 0.380 e. The van der Waals surface area contributed by atoms with Gasteiger partial charge in [-0.05, 0) is 30.7 Å². The van der Waals surface area contributed by atoms with Crippen molar-refractivity contribution in [1.29, 1.82) is 0 Å². The fourth-order valence-electron chi connectivity index (χ4n) is 1.01. The van der Waals surface area contributed by atoms with Crippen LogP contribution < -0.4 is 0 Å². The van der Waals surface area contributed by atoms with E-state index in [1.165, 1.54) is 4.88 Å². The zero-order chi connectivity index (χ0) is 8.81. The number of aliphatic hydroxyl groups is 1. The van der Waals surface area contributed by atoms with Gasteiger partial charge in [0.15, 0.2) is 0 Å². The molecular formula is C10H12OS. The third kappa shape index (κ3) is 3.08. The van der Waals surface area contributed by atoms with Crippen molar-refractivity contribution in [1.82, 2.24) is 0 Å². The SMILES string of the molecule is C#CC(O)CCCc1cccs1. The van der Waals surface area contributed by atoms with Crippen molar-refractivity contribution < 1.29 is 5.11 Å². The zero-order valence-electron chi connectivity index (χ0n) is 6.86. The Bertz CT molecular complexity index is 245. The molecule has 1 rings (SSSR count). The van der Waals surface area contributed by atoms with E-state index in [1.807, 2.05) is 6.07 Å². The van der Waals surface area contributed by atoms with Gasteiger partial charge in [0, 0.05) is 4.88 Å². The average Bonchev–Trinajstić information content (AvgIpc) is 2.57. The summed E-state index contributed by atoms with van der Waals surface area (Å²) < 4.78 is 0. The summed E-state index contributed by atoms with van der Waals surface area (Å²) in [6, 6.07) is 4.14. The van der Waals surface area contributed by atoms with Crippen molar-refractivity contribution in [2.75, 3.05) is 0 Å². The van der Waals surface area contributed by atoms with Crippen LogP contribution in [0.4, 0.5) is 0 Å². The monoisotopic (exact) mass is 180 g/mol. The zero-order valence-corrected chi connectivity index (χ0v) is 7.68. The van der Waals surface area contributed by atoms with Crippen LogP contribution in [0.3, 0.4) is 0 Å². The summed E-state index contributed by atoms with van der Waals surface area (Å²) in [5, 5.41) is 11.1. The van der Waals surface area contributed by atoms with Gasteiger partial charge in [0.2, 0.25) is 0 Å². The van der Waals surface area contributed by atoms with E-state index in [9.17, 15) is 0 Å². The minimum atomic E-state index is -0.565. The molecule has 0 aromatic carbocycles. The van der Waals surface area contributed by atoms with Crippen LogP contribution in [-0.4, -0.2) is 11.2 Å². The lowest BCUT2D eigenvalue weighted by Crippen LogP contribution is -2.02. The van der Waals surface area contributed by atoms with Crippen LogP contribution in [0, 0.1) is 12.3 Å². The minimum Gasteiger partial charge on any atom is -0.380 e. The second kappa shape index (κ2) is 4.97. The molecule has 1 N–H and O–H groups in total. The molecule has 0 aliphatic heterocycles. The average molecular weight is 180 g/mol. The van der Waals surface area contributed by atoms with Crippen LogP contribution in [0.5, 0.6) is 0 Å². The summed E-state index contributed by atoms with van der Waals surface area (Å²) in [5.41, 5.74) is 0. The highest BCUT2D eigenvalue weighted by Gasteiger charge is 1.99. The van der Waals surface area contributed by atoms with Gasteiger partial charge in [0.05, 0.1) is 0 Å². The van der Waals surface area contributed by atoms with Gasteiger partial charge in [-0.3, -0.25) is 0 Å². The summed E-state index contributed by atoms with van der Waals surface area (Å²) in [6.07, 6.45) is 7.16. The van der Waals surface area contributed by atoms with Gasteiger partial charge in [-0.2, -0.15) is 0 Å². The Morgan fingerprint density at radius 3 is 3.08 bits per heavy atom. The highest BCUT2D eigenvalue weighted by atomic mass is 32.1. The summed E-state index contributed by atoms with van der Waals surface area (Å²) in [5.74, 6) is 2.30. The maximum Gasteiger partial charge on any atom is 0.114 e. The first kappa shape index (κ1) is 9.31. The van der Waals surface area contributed by atoms with Crippen molar-refractivity contribution in [3.8, 4) is 12.3 Å². The van der Waals surface area contributed by atoms with E-state index < -0.39 is 6.10 Å². The number of aliphatic hydroxyl groups excluding tert-OH is 1. The molecule has 0 aliphatic carbocycles. The normalized spacial score (nSPS) is 12.3. The van der Waals surface area contributed by atoms with E-state index >= 15 is 0 Å². The Morgan fingerprint density at radius 2 is 2.50 bits per heavy atom. The Hall–Kier alpha value is -0.780. The van der Waals surface area contributed by atoms with E-state index in [1.54, 1.807) is 11.3 Å². The van der Waals surface area contributed by atoms with E-state index in [-0.39, 0.29) is 0 Å². The van der Waals surface area contributed by atoms with Gasteiger partial charge in [-0.15, -0.1) is 17.8 Å². The summed E-state index contributed by atoms with van der Waals surface area (Å²) in [4.78, 5) is 1.36. The first-order valence-corrected chi connectivity index (χ1v) is 4.87. The molecular weight excluding hydrogens is 168 g/mol. The van der Waals surface area contributed by atoms with Crippen LogP contribution in [0.25, 0.3) is 0 Å². The number of hydrogen-bond donors (Lipinski definition) is 1. The molecule has 0 spiro atoms. The Kier molecular flexibility index (Phi) is 3.86. The van der Waals surface area contributed by atoms with E-state index in [0.29, 0.717) is 6.42 Å². The molecule has 2 heteroatoms. The van der Waals surface area contributed by atoms with Crippen molar-refractivity contribution in [3.63, 3.8) is 0 Å². The Balaban J connectivity index is 2.16. The van der Waals surface area contributed by atoms with Gasteiger partial charge in [0.25, 0.3) is 0 Å². The summed E-state index contributed by atoms with van der Waals surface area (Å²) in [7, 11) is 0. The van der Waals surface area contributed by atoms with Crippen molar-refractivity contribution in [3.05, 3.63) is 22.4 Å². The lowest BCUT2D eigenvalue weighted by atomic mass is 10.1. The van der Waals surface area contributed by atoms with Gasteiger partial charge < -0.3 is 5.11 Å². The van der Waals surface area contributed by atoms with E-state index in [0.717, 1.165) is 12.8 Å². The van der Waals surface area contributed by atoms with Crippen LogP contribution in [0.2, 0.25) is 0 Å². The van der Waals surface area contributed by atoms with Gasteiger partial charge >= 0.3 is 0 Å². The first-order chi connectivity index (χ1) is 5.83. The third-order valence-corrected chi connectivity index (χ3v) is 2.61. The maximum absolute atomic E-state index is 9.05. The molecule has 1 aromatic rings. The van der Waals surface area contributed by atoms with Crippen LogP contribution in [0.15, 0.2) is 17.5 Å². The Labute approximate surface area is 77.1 Å². The number of terminal acetylenes is 1. The van der Waals surface area contributed by atoms with Crippen molar-refractivity contribution in [2.45, 2.75) is 25.4 Å². The van der Waals surface area contributed by atoms with Crippen LogP contribution >= 0.6 is 11.3 Å². The lowest BCUT2D eigenvalue weighted by Gasteiger charge is -2.00. The molecule has 0 fully saturated rings. The molecule has 1 atom stereocenters. The van der Waals surface area contributed by atoms with E-state index in [4.69, 9.17) is 11.5 Å². The number of hydrogen-bond acceptors (Lipinski definition) is 2. The molecule has 0 radical (unpaired) electrons. The molecule has 1 unspecified atom stereocenters. The Morgan fingerprint density at radius 1 is 1.67 bits per heavy atom. The first-order valence-electron chi connectivity index (χ1n) is 3.99. The van der Waals surface area contributed by atoms with Gasteiger partial charge in [0.1, 0.15) is 6.10 Å².